The van der Waals surface area contributed by atoms with E-state index in [1.54, 1.807) is 30.3 Å². The minimum absolute atomic E-state index is 0.155. The fraction of sp³-hybridized carbons (Fsp3) is 0.350. The minimum Gasteiger partial charge on any atom is -0.490 e. The topological polar surface area (TPSA) is 86.8 Å². The van der Waals surface area contributed by atoms with E-state index < -0.39 is 18.5 Å². The number of aromatic nitrogens is 1. The van der Waals surface area contributed by atoms with Gasteiger partial charge in [0, 0.05) is 6.20 Å². The fourth-order valence-electron chi connectivity index (χ4n) is 2.23. The molecule has 0 saturated heterocycles. The minimum atomic E-state index is -0.645. The summed E-state index contributed by atoms with van der Waals surface area (Å²) in [6.07, 6.45) is 3.44. The van der Waals surface area contributed by atoms with Gasteiger partial charge in [-0.25, -0.2) is 9.78 Å². The summed E-state index contributed by atoms with van der Waals surface area (Å²) in [6, 6.07) is 8.01. The zero-order chi connectivity index (χ0) is 20.4. The maximum atomic E-state index is 12.3. The number of carbonyl (C=O) groups excluding carboxylic acids is 2. The molecular formula is C20H23ClN2O5. The summed E-state index contributed by atoms with van der Waals surface area (Å²) in [6.45, 7) is 4.45. The molecule has 0 saturated carbocycles. The first kappa shape index (κ1) is 21.5. The van der Waals surface area contributed by atoms with E-state index >= 15 is 0 Å². The molecule has 28 heavy (non-hydrogen) atoms. The Morgan fingerprint density at radius 3 is 2.68 bits per heavy atom. The Bertz CT molecular complexity index is 813. The van der Waals surface area contributed by atoms with Crippen LogP contribution in [0.1, 0.15) is 37.0 Å². The second kappa shape index (κ2) is 11.1. The molecule has 0 radical (unpaired) electrons. The smallest absolute Gasteiger partial charge is 0.338 e. The number of benzene rings is 1. The van der Waals surface area contributed by atoms with Gasteiger partial charge in [-0.15, -0.1) is 0 Å². The van der Waals surface area contributed by atoms with Gasteiger partial charge in [-0.1, -0.05) is 24.9 Å². The van der Waals surface area contributed by atoms with E-state index in [0.29, 0.717) is 30.4 Å². The summed E-state index contributed by atoms with van der Waals surface area (Å²) in [7, 11) is 0. The van der Waals surface area contributed by atoms with Crippen molar-refractivity contribution in [3.05, 3.63) is 47.2 Å². The lowest BCUT2D eigenvalue weighted by Crippen LogP contribution is -2.21. The van der Waals surface area contributed by atoms with Crippen molar-refractivity contribution in [3.63, 3.8) is 0 Å². The van der Waals surface area contributed by atoms with Gasteiger partial charge in [0.15, 0.2) is 23.3 Å². The predicted octanol–water partition coefficient (Wildman–Crippen LogP) is 4.11. The second-order valence-corrected chi connectivity index (χ2v) is 6.12. The number of carbonyl (C=O) groups is 2. The highest BCUT2D eigenvalue weighted by atomic mass is 35.5. The number of amides is 1. The summed E-state index contributed by atoms with van der Waals surface area (Å²) >= 11 is 5.87. The second-order valence-electron chi connectivity index (χ2n) is 5.76. The van der Waals surface area contributed by atoms with E-state index in [9.17, 15) is 9.59 Å². The quantitative estimate of drug-likeness (QED) is 0.363. The van der Waals surface area contributed by atoms with Crippen molar-refractivity contribution in [1.29, 1.82) is 0 Å². The average Bonchev–Trinajstić information content (AvgIpc) is 2.69. The van der Waals surface area contributed by atoms with Gasteiger partial charge >= 0.3 is 5.97 Å². The van der Waals surface area contributed by atoms with E-state index in [1.165, 1.54) is 6.20 Å². The lowest BCUT2D eigenvalue weighted by molar-refractivity contribution is -0.119. The molecule has 7 nitrogen and oxygen atoms in total. The predicted molar refractivity (Wildman–Crippen MR) is 106 cm³/mol. The van der Waals surface area contributed by atoms with Gasteiger partial charge in [-0.05, 0) is 43.7 Å². The zero-order valence-electron chi connectivity index (χ0n) is 15.9. The van der Waals surface area contributed by atoms with Crippen molar-refractivity contribution >= 4 is 29.2 Å². The van der Waals surface area contributed by atoms with Gasteiger partial charge < -0.3 is 19.5 Å². The maximum Gasteiger partial charge on any atom is 0.338 e. The van der Waals surface area contributed by atoms with Crippen molar-refractivity contribution < 1.29 is 23.8 Å². The number of pyridine rings is 1. The summed E-state index contributed by atoms with van der Waals surface area (Å²) in [5, 5.41) is 2.69. The Morgan fingerprint density at radius 1 is 1.14 bits per heavy atom. The van der Waals surface area contributed by atoms with E-state index in [-0.39, 0.29) is 10.7 Å². The van der Waals surface area contributed by atoms with E-state index in [0.717, 1.165) is 12.8 Å². The van der Waals surface area contributed by atoms with Crippen LogP contribution in [0.3, 0.4) is 0 Å². The van der Waals surface area contributed by atoms with Gasteiger partial charge in [0.25, 0.3) is 5.91 Å². The number of rotatable bonds is 10. The number of esters is 1. The molecule has 1 aromatic carbocycles. The van der Waals surface area contributed by atoms with E-state index in [1.807, 2.05) is 6.92 Å². The average molecular weight is 407 g/mol. The third-order valence-corrected chi connectivity index (χ3v) is 3.90. The maximum absolute atomic E-state index is 12.3. The number of nitrogens with zero attached hydrogens (tertiary/aromatic N) is 1. The zero-order valence-corrected chi connectivity index (χ0v) is 16.6. The number of nitrogens with one attached hydrogen (secondary N) is 1. The van der Waals surface area contributed by atoms with Crippen LogP contribution < -0.4 is 14.8 Å². The normalized spacial score (nSPS) is 10.2. The number of ether oxygens (including phenoxy) is 3. The lowest BCUT2D eigenvalue weighted by atomic mass is 10.2. The Morgan fingerprint density at radius 2 is 1.96 bits per heavy atom. The summed E-state index contributed by atoms with van der Waals surface area (Å²) in [5.74, 6) is -0.142. The van der Waals surface area contributed by atoms with E-state index in [2.05, 4.69) is 17.2 Å². The van der Waals surface area contributed by atoms with Crippen LogP contribution in [0.4, 0.5) is 5.69 Å². The number of hydrogen-bond donors (Lipinski definition) is 1. The van der Waals surface area contributed by atoms with Crippen LogP contribution in [0.15, 0.2) is 36.5 Å². The van der Waals surface area contributed by atoms with Crippen LogP contribution in [0.25, 0.3) is 0 Å². The van der Waals surface area contributed by atoms with Crippen LogP contribution in [-0.4, -0.2) is 36.7 Å². The van der Waals surface area contributed by atoms with Crippen LogP contribution in [0.5, 0.6) is 11.5 Å². The number of hydrogen-bond acceptors (Lipinski definition) is 6. The number of anilines is 1. The lowest BCUT2D eigenvalue weighted by Gasteiger charge is -2.13. The molecule has 8 heteroatoms. The number of halogens is 1. The molecule has 2 rings (SSSR count). The van der Waals surface area contributed by atoms with Crippen molar-refractivity contribution in [2.45, 2.75) is 26.7 Å². The highest BCUT2D eigenvalue weighted by Crippen LogP contribution is 2.29. The summed E-state index contributed by atoms with van der Waals surface area (Å²) in [4.78, 5) is 28.1. The Hall–Kier alpha value is -2.80. The summed E-state index contributed by atoms with van der Waals surface area (Å²) in [5.41, 5.74) is 0.607. The van der Waals surface area contributed by atoms with Crippen molar-refractivity contribution in [3.8, 4) is 11.5 Å². The first-order valence-electron chi connectivity index (χ1n) is 9.02. The molecule has 2 aromatic rings. The molecule has 0 fully saturated rings. The highest BCUT2D eigenvalue weighted by Gasteiger charge is 2.15. The molecule has 150 valence electrons. The molecule has 0 unspecified atom stereocenters. The van der Waals surface area contributed by atoms with Gasteiger partial charge in [0.2, 0.25) is 0 Å². The van der Waals surface area contributed by atoms with Crippen molar-refractivity contribution in [2.24, 2.45) is 0 Å². The first-order chi connectivity index (χ1) is 13.5. The molecule has 1 amide bonds. The molecule has 1 N–H and O–H groups in total. The molecule has 0 aliphatic rings. The third kappa shape index (κ3) is 6.42. The van der Waals surface area contributed by atoms with Crippen LogP contribution in [0.2, 0.25) is 5.15 Å². The first-order valence-corrected chi connectivity index (χ1v) is 9.40. The Kier molecular flexibility index (Phi) is 8.55. The van der Waals surface area contributed by atoms with Gasteiger partial charge in [0.1, 0.15) is 0 Å². The largest absolute Gasteiger partial charge is 0.490 e. The number of unbranched alkanes of at least 4 members (excludes halogenated alkanes) is 1. The third-order valence-electron chi connectivity index (χ3n) is 3.60. The van der Waals surface area contributed by atoms with Crippen molar-refractivity contribution in [2.75, 3.05) is 25.1 Å². The molecule has 0 aliphatic carbocycles. The summed E-state index contributed by atoms with van der Waals surface area (Å²) < 4.78 is 16.3. The Balaban J connectivity index is 1.96. The van der Waals surface area contributed by atoms with Gasteiger partial charge in [0.05, 0.1) is 24.5 Å². The van der Waals surface area contributed by atoms with Crippen LogP contribution >= 0.6 is 11.6 Å². The van der Waals surface area contributed by atoms with Crippen molar-refractivity contribution in [1.82, 2.24) is 4.98 Å². The molecule has 0 atom stereocenters. The molecule has 1 heterocycles. The molecule has 0 bridgehead atoms. The molecule has 0 aliphatic heterocycles. The van der Waals surface area contributed by atoms with E-state index in [4.69, 9.17) is 25.8 Å². The Labute approximate surface area is 169 Å². The highest BCUT2D eigenvalue weighted by molar-refractivity contribution is 6.32. The van der Waals surface area contributed by atoms with Gasteiger partial charge in [-0.2, -0.15) is 0 Å². The fourth-order valence-corrected chi connectivity index (χ4v) is 2.40. The monoisotopic (exact) mass is 406 g/mol. The molecular weight excluding hydrogens is 384 g/mol. The van der Waals surface area contributed by atoms with Gasteiger partial charge in [-0.3, -0.25) is 4.79 Å². The van der Waals surface area contributed by atoms with Crippen LogP contribution in [0, 0.1) is 0 Å². The standard InChI is InChI=1S/C20H23ClN2O5/c1-3-5-11-27-16-9-8-14(12-17(16)26-4-2)20(25)28-13-18(24)23-15-7-6-10-22-19(15)21/h6-10,12H,3-5,11,13H2,1-2H3,(H,23,24). The molecule has 0 spiro atoms. The SMILES string of the molecule is CCCCOc1ccc(C(=O)OCC(=O)Nc2cccnc2Cl)cc1OCC. The molecule has 1 aromatic heterocycles. The van der Waals surface area contributed by atoms with Crippen LogP contribution in [-0.2, 0) is 9.53 Å².